The molecule has 15 heavy (non-hydrogen) atoms. The van der Waals surface area contributed by atoms with Crippen molar-refractivity contribution in [1.29, 1.82) is 0 Å². The summed E-state index contributed by atoms with van der Waals surface area (Å²) in [5.74, 6) is -0.0411. The minimum atomic E-state index is -0.0411. The van der Waals surface area contributed by atoms with Crippen LogP contribution in [0.25, 0.3) is 0 Å². The maximum absolute atomic E-state index is 11.9. The molecule has 1 saturated heterocycles. The SMILES string of the molecule is Cl.Cn1cc(N)c(C(=O)N2CCCC2)n1. The molecule has 0 bridgehead atoms. The monoisotopic (exact) mass is 230 g/mol. The third-order valence-electron chi connectivity index (χ3n) is 2.45. The summed E-state index contributed by atoms with van der Waals surface area (Å²) in [7, 11) is 1.76. The number of aromatic nitrogens is 2. The van der Waals surface area contributed by atoms with Crippen LogP contribution in [0.2, 0.25) is 0 Å². The standard InChI is InChI=1S/C9H14N4O.ClH/c1-12-6-7(10)8(11-12)9(14)13-4-2-3-5-13;/h6H,2-5,10H2,1H3;1H. The first kappa shape index (κ1) is 11.8. The molecule has 2 heterocycles. The Morgan fingerprint density at radius 3 is 2.53 bits per heavy atom. The molecule has 0 radical (unpaired) electrons. The molecule has 1 fully saturated rings. The minimum absolute atomic E-state index is 0. The topological polar surface area (TPSA) is 64.2 Å². The second-order valence-electron chi connectivity index (χ2n) is 3.61. The van der Waals surface area contributed by atoms with Crippen molar-refractivity contribution in [2.24, 2.45) is 7.05 Å². The van der Waals surface area contributed by atoms with Crippen LogP contribution in [-0.2, 0) is 7.05 Å². The van der Waals surface area contributed by atoms with E-state index in [1.54, 1.807) is 22.8 Å². The maximum Gasteiger partial charge on any atom is 0.276 e. The lowest BCUT2D eigenvalue weighted by Crippen LogP contribution is -2.28. The average molecular weight is 231 g/mol. The summed E-state index contributed by atoms with van der Waals surface area (Å²) in [6.45, 7) is 1.66. The molecule has 1 aliphatic rings. The van der Waals surface area contributed by atoms with E-state index in [0.717, 1.165) is 25.9 Å². The van der Waals surface area contributed by atoms with Gasteiger partial charge in [0.1, 0.15) is 0 Å². The van der Waals surface area contributed by atoms with Crippen LogP contribution in [0.5, 0.6) is 0 Å². The third-order valence-corrected chi connectivity index (χ3v) is 2.45. The van der Waals surface area contributed by atoms with Crippen LogP contribution in [0.4, 0.5) is 5.69 Å². The smallest absolute Gasteiger partial charge is 0.276 e. The van der Waals surface area contributed by atoms with E-state index >= 15 is 0 Å². The summed E-state index contributed by atoms with van der Waals surface area (Å²) in [5.41, 5.74) is 6.53. The van der Waals surface area contributed by atoms with E-state index in [1.165, 1.54) is 0 Å². The number of nitrogen functional groups attached to an aromatic ring is 1. The van der Waals surface area contributed by atoms with Crippen molar-refractivity contribution in [3.05, 3.63) is 11.9 Å². The van der Waals surface area contributed by atoms with E-state index in [2.05, 4.69) is 5.10 Å². The fourth-order valence-electron chi connectivity index (χ4n) is 1.74. The summed E-state index contributed by atoms with van der Waals surface area (Å²) in [6.07, 6.45) is 3.82. The van der Waals surface area contributed by atoms with Gasteiger partial charge in [-0.25, -0.2) is 0 Å². The van der Waals surface area contributed by atoms with Gasteiger partial charge in [-0.2, -0.15) is 5.10 Å². The van der Waals surface area contributed by atoms with Crippen LogP contribution in [0, 0.1) is 0 Å². The molecule has 0 aromatic carbocycles. The van der Waals surface area contributed by atoms with Crippen LogP contribution in [0.3, 0.4) is 0 Å². The number of aryl methyl sites for hydroxylation is 1. The van der Waals surface area contributed by atoms with Crippen LogP contribution < -0.4 is 5.73 Å². The number of hydrogen-bond donors (Lipinski definition) is 1. The Kier molecular flexibility index (Phi) is 3.57. The Balaban J connectivity index is 0.00000112. The van der Waals surface area contributed by atoms with E-state index in [0.29, 0.717) is 11.4 Å². The van der Waals surface area contributed by atoms with Gasteiger partial charge < -0.3 is 10.6 Å². The van der Waals surface area contributed by atoms with Gasteiger partial charge >= 0.3 is 0 Å². The van der Waals surface area contributed by atoms with E-state index in [9.17, 15) is 4.79 Å². The minimum Gasteiger partial charge on any atom is -0.396 e. The lowest BCUT2D eigenvalue weighted by molar-refractivity contribution is 0.0787. The van der Waals surface area contributed by atoms with Crippen molar-refractivity contribution in [3.8, 4) is 0 Å². The van der Waals surface area contributed by atoms with Gasteiger partial charge in [0.2, 0.25) is 0 Å². The number of likely N-dealkylation sites (tertiary alicyclic amines) is 1. The van der Waals surface area contributed by atoms with Crippen molar-refractivity contribution < 1.29 is 4.79 Å². The average Bonchev–Trinajstić information content (AvgIpc) is 2.73. The van der Waals surface area contributed by atoms with Crippen molar-refractivity contribution >= 4 is 24.0 Å². The molecule has 84 valence electrons. The molecule has 0 unspecified atom stereocenters. The number of hydrogen-bond acceptors (Lipinski definition) is 3. The van der Waals surface area contributed by atoms with Gasteiger partial charge in [-0.1, -0.05) is 0 Å². The van der Waals surface area contributed by atoms with Crippen molar-refractivity contribution in [3.63, 3.8) is 0 Å². The molecular formula is C9H15ClN4O. The Morgan fingerprint density at radius 2 is 2.07 bits per heavy atom. The Hall–Kier alpha value is -1.23. The fraction of sp³-hybridized carbons (Fsp3) is 0.556. The molecule has 5 nitrogen and oxygen atoms in total. The number of carbonyl (C=O) groups excluding carboxylic acids is 1. The van der Waals surface area contributed by atoms with E-state index < -0.39 is 0 Å². The number of anilines is 1. The predicted molar refractivity (Wildman–Crippen MR) is 60.0 cm³/mol. The van der Waals surface area contributed by atoms with Gasteiger partial charge in [-0.05, 0) is 12.8 Å². The molecule has 0 spiro atoms. The number of nitrogens with two attached hydrogens (primary N) is 1. The normalized spacial score (nSPS) is 15.1. The molecule has 1 aliphatic heterocycles. The molecule has 1 aromatic heterocycles. The molecule has 0 aliphatic carbocycles. The van der Waals surface area contributed by atoms with Gasteiger partial charge in [-0.15, -0.1) is 12.4 Å². The van der Waals surface area contributed by atoms with Gasteiger partial charge in [0.15, 0.2) is 5.69 Å². The number of halogens is 1. The molecule has 6 heteroatoms. The zero-order valence-corrected chi connectivity index (χ0v) is 9.46. The molecule has 2 rings (SSSR count). The summed E-state index contributed by atoms with van der Waals surface area (Å²) in [6, 6.07) is 0. The molecule has 0 saturated carbocycles. The first-order chi connectivity index (χ1) is 6.68. The molecule has 1 amide bonds. The summed E-state index contributed by atoms with van der Waals surface area (Å²) < 4.78 is 1.57. The third kappa shape index (κ3) is 2.23. The van der Waals surface area contributed by atoms with Crippen LogP contribution >= 0.6 is 12.4 Å². The molecule has 1 aromatic rings. The number of carbonyl (C=O) groups is 1. The van der Waals surface area contributed by atoms with Gasteiger partial charge in [0.25, 0.3) is 5.91 Å². The molecule has 0 atom stereocenters. The molecule has 2 N–H and O–H groups in total. The maximum atomic E-state index is 11.9. The zero-order valence-electron chi connectivity index (χ0n) is 8.64. The highest BCUT2D eigenvalue weighted by Crippen LogP contribution is 2.15. The molecular weight excluding hydrogens is 216 g/mol. The lowest BCUT2D eigenvalue weighted by Gasteiger charge is -2.13. The van der Waals surface area contributed by atoms with Crippen LogP contribution in [0.15, 0.2) is 6.20 Å². The van der Waals surface area contributed by atoms with E-state index in [4.69, 9.17) is 5.73 Å². The van der Waals surface area contributed by atoms with Gasteiger partial charge in [0.05, 0.1) is 5.69 Å². The highest BCUT2D eigenvalue weighted by molar-refractivity contribution is 5.97. The zero-order chi connectivity index (χ0) is 10.1. The predicted octanol–water partition coefficient (Wildman–Crippen LogP) is 0.660. The summed E-state index contributed by atoms with van der Waals surface area (Å²) in [4.78, 5) is 13.7. The summed E-state index contributed by atoms with van der Waals surface area (Å²) in [5, 5.41) is 4.06. The Labute approximate surface area is 94.6 Å². The van der Waals surface area contributed by atoms with Crippen molar-refractivity contribution in [1.82, 2.24) is 14.7 Å². The van der Waals surface area contributed by atoms with E-state index in [1.807, 2.05) is 0 Å². The lowest BCUT2D eigenvalue weighted by atomic mass is 10.3. The van der Waals surface area contributed by atoms with Gasteiger partial charge in [-0.3, -0.25) is 9.48 Å². The Bertz CT molecular complexity index is 357. The fourth-order valence-corrected chi connectivity index (χ4v) is 1.74. The van der Waals surface area contributed by atoms with Gasteiger partial charge in [0, 0.05) is 26.3 Å². The number of nitrogens with zero attached hydrogens (tertiary/aromatic N) is 3. The van der Waals surface area contributed by atoms with Crippen molar-refractivity contribution in [2.75, 3.05) is 18.8 Å². The quantitative estimate of drug-likeness (QED) is 0.771. The Morgan fingerprint density at radius 1 is 1.47 bits per heavy atom. The second-order valence-corrected chi connectivity index (χ2v) is 3.61. The van der Waals surface area contributed by atoms with E-state index in [-0.39, 0.29) is 18.3 Å². The highest BCUT2D eigenvalue weighted by atomic mass is 35.5. The second kappa shape index (κ2) is 4.53. The first-order valence-corrected chi connectivity index (χ1v) is 4.77. The summed E-state index contributed by atoms with van der Waals surface area (Å²) >= 11 is 0. The number of rotatable bonds is 1. The first-order valence-electron chi connectivity index (χ1n) is 4.77. The van der Waals surface area contributed by atoms with Crippen LogP contribution in [0.1, 0.15) is 23.3 Å². The highest BCUT2D eigenvalue weighted by Gasteiger charge is 2.23. The van der Waals surface area contributed by atoms with Crippen LogP contribution in [-0.4, -0.2) is 33.7 Å². The largest absolute Gasteiger partial charge is 0.396 e. The number of amides is 1. The van der Waals surface area contributed by atoms with Crippen molar-refractivity contribution in [2.45, 2.75) is 12.8 Å².